The third-order valence-electron chi connectivity index (χ3n) is 6.40. The Kier molecular flexibility index (Phi) is 6.11. The molecular weight excluding hydrogens is 428 g/mol. The molecule has 10 heteroatoms. The predicted octanol–water partition coefficient (Wildman–Crippen LogP) is 3.58. The molecule has 3 heterocycles. The number of nitrogens with two attached hydrogens (primary N) is 1. The van der Waals surface area contributed by atoms with Crippen molar-refractivity contribution in [1.29, 1.82) is 0 Å². The van der Waals surface area contributed by atoms with E-state index in [0.29, 0.717) is 54.9 Å². The van der Waals surface area contributed by atoms with Gasteiger partial charge in [-0.1, -0.05) is 6.07 Å². The second-order valence-electron chi connectivity index (χ2n) is 8.86. The molecule has 1 aromatic carbocycles. The Morgan fingerprint density at radius 2 is 1.76 bits per heavy atom. The number of ether oxygens (including phenoxy) is 1. The number of fused-ring (bicyclic) bond motifs is 1. The van der Waals surface area contributed by atoms with Crippen molar-refractivity contribution in [1.82, 2.24) is 19.5 Å². The molecule has 1 saturated carbocycles. The second kappa shape index (κ2) is 9.18. The summed E-state index contributed by atoms with van der Waals surface area (Å²) < 4.78 is 35.0. The minimum Gasteiger partial charge on any atom is -0.378 e. The molecule has 0 atom stereocenters. The van der Waals surface area contributed by atoms with Crippen LogP contribution in [0.15, 0.2) is 24.3 Å². The summed E-state index contributed by atoms with van der Waals surface area (Å²) in [5.74, 6) is 1.18. The second-order valence-corrected chi connectivity index (χ2v) is 8.86. The lowest BCUT2D eigenvalue weighted by Crippen LogP contribution is -2.37. The van der Waals surface area contributed by atoms with Crippen LogP contribution in [0.4, 0.5) is 20.5 Å². The topological polar surface area (TPSA) is 94.1 Å². The van der Waals surface area contributed by atoms with Crippen LogP contribution in [0, 0.1) is 6.92 Å². The van der Waals surface area contributed by atoms with Crippen LogP contribution in [0.2, 0.25) is 0 Å². The number of anilines is 2. The molecule has 1 saturated heterocycles. The van der Waals surface area contributed by atoms with Gasteiger partial charge < -0.3 is 20.7 Å². The molecule has 33 heavy (non-hydrogen) atoms. The molecule has 3 N–H and O–H groups in total. The first-order valence-electron chi connectivity index (χ1n) is 11.5. The van der Waals surface area contributed by atoms with Gasteiger partial charge in [0, 0.05) is 31.2 Å². The molecule has 0 radical (unpaired) electrons. The van der Waals surface area contributed by atoms with Gasteiger partial charge in [0.2, 0.25) is 5.95 Å². The maximum absolute atomic E-state index is 14.0. The summed E-state index contributed by atoms with van der Waals surface area (Å²) in [5, 5.41) is 3.43. The molecule has 2 aliphatic rings. The maximum atomic E-state index is 14.0. The zero-order valence-electron chi connectivity index (χ0n) is 18.7. The van der Waals surface area contributed by atoms with Crippen LogP contribution >= 0.6 is 0 Å². The van der Waals surface area contributed by atoms with Gasteiger partial charge >= 0.3 is 0 Å². The van der Waals surface area contributed by atoms with Gasteiger partial charge in [-0.3, -0.25) is 4.57 Å². The highest BCUT2D eigenvalue weighted by atomic mass is 19.3. The molecular formula is C23H29F2N7O. The number of nitrogens with zero attached hydrogens (tertiary/aromatic N) is 5. The monoisotopic (exact) mass is 457 g/mol. The van der Waals surface area contributed by atoms with Crippen molar-refractivity contribution in [2.75, 3.05) is 36.5 Å². The Bertz CT molecular complexity index is 1120. The molecule has 1 aliphatic heterocycles. The third-order valence-corrected chi connectivity index (χ3v) is 6.40. The Morgan fingerprint density at radius 3 is 2.48 bits per heavy atom. The third kappa shape index (κ3) is 4.63. The van der Waals surface area contributed by atoms with Crippen molar-refractivity contribution in [3.05, 3.63) is 35.7 Å². The summed E-state index contributed by atoms with van der Waals surface area (Å²) in [6.45, 7) is 4.48. The number of hydrogen-bond donors (Lipinski definition) is 2. The molecule has 0 unspecified atom stereocenters. The lowest BCUT2D eigenvalue weighted by molar-refractivity contribution is 0.122. The van der Waals surface area contributed by atoms with Crippen LogP contribution in [0.1, 0.15) is 43.5 Å². The largest absolute Gasteiger partial charge is 0.378 e. The number of morpholine rings is 1. The van der Waals surface area contributed by atoms with Crippen molar-refractivity contribution in [2.45, 2.75) is 51.1 Å². The standard InChI is InChI=1S/C23H29F2N7O/c1-14-2-7-17-18(12-14)32(22(28-17)21(24)25)20-13-19(31-8-10-33-11-9-31)29-23(30-20)27-16-5-3-15(26)4-6-16/h2,7,12-13,15-16,21H,3-6,8-11,26H2,1H3,(H,27,29,30). The zero-order valence-corrected chi connectivity index (χ0v) is 18.7. The number of alkyl halides is 2. The van der Waals surface area contributed by atoms with Gasteiger partial charge in [-0.15, -0.1) is 0 Å². The molecule has 2 aromatic heterocycles. The number of hydrogen-bond acceptors (Lipinski definition) is 7. The minimum absolute atomic E-state index is 0.203. The van der Waals surface area contributed by atoms with E-state index >= 15 is 0 Å². The van der Waals surface area contributed by atoms with Crippen molar-refractivity contribution in [3.8, 4) is 5.82 Å². The summed E-state index contributed by atoms with van der Waals surface area (Å²) in [5.41, 5.74) is 8.13. The fraction of sp³-hybridized carbons (Fsp3) is 0.522. The van der Waals surface area contributed by atoms with E-state index in [-0.39, 0.29) is 17.9 Å². The molecule has 3 aromatic rings. The normalized spacial score (nSPS) is 21.7. The van der Waals surface area contributed by atoms with Gasteiger partial charge in [0.15, 0.2) is 5.82 Å². The average Bonchev–Trinajstić information content (AvgIpc) is 3.20. The van der Waals surface area contributed by atoms with Crippen LogP contribution in [-0.2, 0) is 4.74 Å². The number of imidazole rings is 1. The number of nitrogens with one attached hydrogen (secondary N) is 1. The highest BCUT2D eigenvalue weighted by molar-refractivity contribution is 5.79. The summed E-state index contributed by atoms with van der Waals surface area (Å²) in [4.78, 5) is 15.7. The molecule has 0 spiro atoms. The minimum atomic E-state index is -2.74. The van der Waals surface area contributed by atoms with Gasteiger partial charge in [-0.2, -0.15) is 9.97 Å². The van der Waals surface area contributed by atoms with Crippen molar-refractivity contribution in [2.24, 2.45) is 5.73 Å². The molecule has 0 amide bonds. The number of aromatic nitrogens is 4. The number of halogens is 2. The van der Waals surface area contributed by atoms with Gasteiger partial charge in [-0.25, -0.2) is 13.8 Å². The lowest BCUT2D eigenvalue weighted by atomic mass is 9.92. The number of benzene rings is 1. The van der Waals surface area contributed by atoms with E-state index < -0.39 is 6.43 Å². The Balaban J connectivity index is 1.60. The average molecular weight is 458 g/mol. The van der Waals surface area contributed by atoms with E-state index in [1.54, 1.807) is 12.1 Å². The van der Waals surface area contributed by atoms with Gasteiger partial charge in [-0.05, 0) is 50.3 Å². The van der Waals surface area contributed by atoms with Gasteiger partial charge in [0.1, 0.15) is 11.6 Å². The molecule has 0 bridgehead atoms. The SMILES string of the molecule is Cc1ccc2nc(C(F)F)n(-c3cc(N4CCOCC4)nc(NC4CCC(N)CC4)n3)c2c1. The first-order valence-corrected chi connectivity index (χ1v) is 11.5. The van der Waals surface area contributed by atoms with E-state index in [4.69, 9.17) is 15.5 Å². The lowest BCUT2D eigenvalue weighted by Gasteiger charge is -2.30. The quantitative estimate of drug-likeness (QED) is 0.605. The maximum Gasteiger partial charge on any atom is 0.296 e. The van der Waals surface area contributed by atoms with Crippen LogP contribution < -0.4 is 16.0 Å². The predicted molar refractivity (Wildman–Crippen MR) is 123 cm³/mol. The highest BCUT2D eigenvalue weighted by Gasteiger charge is 2.25. The van der Waals surface area contributed by atoms with E-state index in [1.807, 2.05) is 19.1 Å². The fourth-order valence-corrected chi connectivity index (χ4v) is 4.59. The summed E-state index contributed by atoms with van der Waals surface area (Å²) >= 11 is 0. The molecule has 8 nitrogen and oxygen atoms in total. The fourth-order valence-electron chi connectivity index (χ4n) is 4.59. The van der Waals surface area contributed by atoms with Crippen molar-refractivity contribution >= 4 is 22.8 Å². The van der Waals surface area contributed by atoms with Crippen LogP contribution in [-0.4, -0.2) is 57.9 Å². The van der Waals surface area contributed by atoms with Gasteiger partial charge in [0.05, 0.1) is 24.2 Å². The van der Waals surface area contributed by atoms with E-state index in [1.165, 1.54) is 4.57 Å². The summed E-state index contributed by atoms with van der Waals surface area (Å²) in [7, 11) is 0. The van der Waals surface area contributed by atoms with Crippen LogP contribution in [0.5, 0.6) is 0 Å². The van der Waals surface area contributed by atoms with E-state index in [9.17, 15) is 8.78 Å². The Labute approximate surface area is 191 Å². The molecule has 1 aliphatic carbocycles. The Hall–Kier alpha value is -2.85. The summed E-state index contributed by atoms with van der Waals surface area (Å²) in [6.07, 6.45) is 0.994. The first-order chi connectivity index (χ1) is 16.0. The number of rotatable bonds is 5. The molecule has 2 fully saturated rings. The van der Waals surface area contributed by atoms with E-state index in [0.717, 1.165) is 31.2 Å². The summed E-state index contributed by atoms with van der Waals surface area (Å²) in [6, 6.07) is 7.70. The molecule has 176 valence electrons. The number of aryl methyl sites for hydroxylation is 1. The van der Waals surface area contributed by atoms with E-state index in [2.05, 4.69) is 20.2 Å². The molecule has 5 rings (SSSR count). The van der Waals surface area contributed by atoms with Crippen LogP contribution in [0.3, 0.4) is 0 Å². The smallest absolute Gasteiger partial charge is 0.296 e. The van der Waals surface area contributed by atoms with Crippen molar-refractivity contribution < 1.29 is 13.5 Å². The van der Waals surface area contributed by atoms with Crippen molar-refractivity contribution in [3.63, 3.8) is 0 Å². The zero-order chi connectivity index (χ0) is 22.9. The highest BCUT2D eigenvalue weighted by Crippen LogP contribution is 2.30. The van der Waals surface area contributed by atoms with Crippen LogP contribution in [0.25, 0.3) is 16.9 Å². The van der Waals surface area contributed by atoms with Gasteiger partial charge in [0.25, 0.3) is 6.43 Å². The first kappa shape index (κ1) is 22.0. The Morgan fingerprint density at radius 1 is 1.03 bits per heavy atom.